The van der Waals surface area contributed by atoms with Gasteiger partial charge in [0.1, 0.15) is 11.3 Å². The fourth-order valence-electron chi connectivity index (χ4n) is 5.65. The lowest BCUT2D eigenvalue weighted by Gasteiger charge is -2.36. The van der Waals surface area contributed by atoms with Crippen LogP contribution in [0.15, 0.2) is 18.2 Å². The molecule has 0 aliphatic carbocycles. The summed E-state index contributed by atoms with van der Waals surface area (Å²) >= 11 is 0. The number of aromatic nitrogens is 2. The highest BCUT2D eigenvalue weighted by molar-refractivity contribution is 5.85. The van der Waals surface area contributed by atoms with E-state index < -0.39 is 6.09 Å². The van der Waals surface area contributed by atoms with E-state index in [4.69, 9.17) is 15.5 Å². The average molecular weight is 442 g/mol. The van der Waals surface area contributed by atoms with Crippen molar-refractivity contribution in [1.29, 1.82) is 0 Å². The summed E-state index contributed by atoms with van der Waals surface area (Å²) in [6, 6.07) is 6.50. The van der Waals surface area contributed by atoms with E-state index in [2.05, 4.69) is 34.3 Å². The van der Waals surface area contributed by atoms with Gasteiger partial charge in [-0.05, 0) is 76.8 Å². The van der Waals surface area contributed by atoms with Gasteiger partial charge in [0, 0.05) is 25.0 Å². The first kappa shape index (κ1) is 23.1. The van der Waals surface area contributed by atoms with Crippen molar-refractivity contribution in [2.24, 2.45) is 5.73 Å². The number of nitrogens with two attached hydrogens (primary N) is 1. The summed E-state index contributed by atoms with van der Waals surface area (Å²) in [5, 5.41) is 0. The van der Waals surface area contributed by atoms with Crippen LogP contribution in [0.3, 0.4) is 0 Å². The van der Waals surface area contributed by atoms with Gasteiger partial charge in [0.2, 0.25) is 0 Å². The van der Waals surface area contributed by atoms with Crippen LogP contribution in [0.1, 0.15) is 70.5 Å². The smallest absolute Gasteiger partial charge is 0.408 e. The molecule has 3 heterocycles. The Bertz CT molecular complexity index is 903. The van der Waals surface area contributed by atoms with Gasteiger partial charge in [0.15, 0.2) is 5.75 Å². The zero-order valence-electron chi connectivity index (χ0n) is 19.8. The van der Waals surface area contributed by atoms with E-state index in [0.717, 1.165) is 55.9 Å². The Labute approximate surface area is 191 Å². The first-order chi connectivity index (χ1) is 15.6. The van der Waals surface area contributed by atoms with E-state index in [1.54, 1.807) is 6.07 Å². The number of primary amides is 1. The van der Waals surface area contributed by atoms with E-state index >= 15 is 0 Å². The second-order valence-electron chi connectivity index (χ2n) is 9.38. The number of fused-ring (bicyclic) bond motifs is 1. The van der Waals surface area contributed by atoms with Crippen LogP contribution in [0.4, 0.5) is 4.79 Å². The van der Waals surface area contributed by atoms with Crippen LogP contribution in [0.5, 0.6) is 5.75 Å². The van der Waals surface area contributed by atoms with Crippen molar-refractivity contribution in [3.05, 3.63) is 24.0 Å². The maximum Gasteiger partial charge on any atom is 0.410 e. The summed E-state index contributed by atoms with van der Waals surface area (Å²) < 4.78 is 7.70. The number of amides is 1. The number of likely N-dealkylation sites (tertiary alicyclic amines) is 2. The third kappa shape index (κ3) is 5.09. The van der Waals surface area contributed by atoms with Crippen LogP contribution < -0.4 is 10.5 Å². The molecule has 2 aromatic rings. The molecule has 2 saturated heterocycles. The Morgan fingerprint density at radius 3 is 2.62 bits per heavy atom. The molecular weight excluding hydrogens is 402 g/mol. The molecule has 0 radical (unpaired) electrons. The van der Waals surface area contributed by atoms with E-state index in [1.807, 2.05) is 6.07 Å². The minimum atomic E-state index is -0.791. The van der Waals surface area contributed by atoms with Crippen molar-refractivity contribution in [2.75, 3.05) is 32.7 Å². The summed E-state index contributed by atoms with van der Waals surface area (Å²) in [4.78, 5) is 21.7. The van der Waals surface area contributed by atoms with Crippen LogP contribution >= 0.6 is 0 Å². The number of piperidine rings is 2. The van der Waals surface area contributed by atoms with Gasteiger partial charge < -0.3 is 19.9 Å². The highest BCUT2D eigenvalue weighted by atomic mass is 16.5. The lowest BCUT2D eigenvalue weighted by atomic mass is 9.95. The summed E-state index contributed by atoms with van der Waals surface area (Å²) in [6.07, 6.45) is 7.81. The van der Waals surface area contributed by atoms with E-state index in [1.165, 1.54) is 45.2 Å². The molecule has 176 valence electrons. The summed E-state index contributed by atoms with van der Waals surface area (Å²) in [5.74, 6) is 2.03. The van der Waals surface area contributed by atoms with Gasteiger partial charge in [-0.1, -0.05) is 26.3 Å². The molecule has 0 saturated carbocycles. The highest BCUT2D eigenvalue weighted by Crippen LogP contribution is 2.34. The summed E-state index contributed by atoms with van der Waals surface area (Å²) in [5.41, 5.74) is 7.12. The van der Waals surface area contributed by atoms with Crippen molar-refractivity contribution in [2.45, 2.75) is 77.3 Å². The second kappa shape index (κ2) is 10.7. The number of hydrogen-bond donors (Lipinski definition) is 1. The molecule has 1 amide bonds. The number of carbonyl (C=O) groups is 1. The lowest BCUT2D eigenvalue weighted by Crippen LogP contribution is -2.41. The van der Waals surface area contributed by atoms with Gasteiger partial charge >= 0.3 is 6.09 Å². The molecular formula is C25H39N5O2. The molecule has 1 aromatic carbocycles. The Balaban J connectivity index is 1.62. The zero-order valence-corrected chi connectivity index (χ0v) is 19.8. The van der Waals surface area contributed by atoms with Gasteiger partial charge in [-0.2, -0.15) is 0 Å². The third-order valence-corrected chi connectivity index (χ3v) is 7.31. The molecule has 1 atom stereocenters. The highest BCUT2D eigenvalue weighted by Gasteiger charge is 2.27. The number of benzene rings is 1. The summed E-state index contributed by atoms with van der Waals surface area (Å²) in [6.45, 7) is 11.1. The number of nitrogens with zero attached hydrogens (tertiary/aromatic N) is 4. The predicted octanol–water partition coefficient (Wildman–Crippen LogP) is 4.35. The molecule has 2 aliphatic heterocycles. The molecule has 4 rings (SSSR count). The lowest BCUT2D eigenvalue weighted by molar-refractivity contribution is 0.138. The van der Waals surface area contributed by atoms with Crippen molar-refractivity contribution in [3.63, 3.8) is 0 Å². The van der Waals surface area contributed by atoms with Gasteiger partial charge in [0.25, 0.3) is 0 Å². The maximum atomic E-state index is 11.5. The van der Waals surface area contributed by atoms with Crippen LogP contribution in [0.2, 0.25) is 0 Å². The topological polar surface area (TPSA) is 76.6 Å². The first-order valence-corrected chi connectivity index (χ1v) is 12.5. The molecule has 7 heteroatoms. The third-order valence-electron chi connectivity index (χ3n) is 7.31. The molecule has 0 bridgehead atoms. The normalized spacial score (nSPS) is 21.2. The van der Waals surface area contributed by atoms with Crippen molar-refractivity contribution in [1.82, 2.24) is 19.4 Å². The molecule has 2 fully saturated rings. The fraction of sp³-hybridized carbons (Fsp3) is 0.680. The average Bonchev–Trinajstić information content (AvgIpc) is 3.18. The number of ether oxygens (including phenoxy) is 1. The molecule has 1 aromatic heterocycles. The van der Waals surface area contributed by atoms with Crippen molar-refractivity contribution >= 4 is 17.1 Å². The van der Waals surface area contributed by atoms with Crippen LogP contribution in [-0.4, -0.2) is 64.2 Å². The van der Waals surface area contributed by atoms with E-state index in [9.17, 15) is 4.79 Å². The molecule has 2 aliphatic rings. The minimum Gasteiger partial charge on any atom is -0.408 e. The minimum absolute atomic E-state index is 0.431. The van der Waals surface area contributed by atoms with Gasteiger partial charge in [-0.25, -0.2) is 9.78 Å². The van der Waals surface area contributed by atoms with Crippen molar-refractivity contribution in [3.8, 4) is 5.75 Å². The second-order valence-corrected chi connectivity index (χ2v) is 9.38. The Morgan fingerprint density at radius 1 is 1.09 bits per heavy atom. The Morgan fingerprint density at radius 2 is 1.91 bits per heavy atom. The number of imidazole rings is 1. The first-order valence-electron chi connectivity index (χ1n) is 12.5. The van der Waals surface area contributed by atoms with Gasteiger partial charge in [-0.15, -0.1) is 0 Å². The fourth-order valence-corrected chi connectivity index (χ4v) is 5.65. The molecule has 0 spiro atoms. The summed E-state index contributed by atoms with van der Waals surface area (Å²) in [7, 11) is 0. The van der Waals surface area contributed by atoms with Crippen molar-refractivity contribution < 1.29 is 9.53 Å². The van der Waals surface area contributed by atoms with E-state index in [-0.39, 0.29) is 0 Å². The van der Waals surface area contributed by atoms with Crippen LogP contribution in [0.25, 0.3) is 11.0 Å². The van der Waals surface area contributed by atoms with Gasteiger partial charge in [0.05, 0.1) is 5.52 Å². The largest absolute Gasteiger partial charge is 0.410 e. The van der Waals surface area contributed by atoms with Gasteiger partial charge in [-0.3, -0.25) is 4.90 Å². The monoisotopic (exact) mass is 441 g/mol. The Hall–Kier alpha value is -2.12. The quantitative estimate of drug-likeness (QED) is 0.659. The molecule has 2 N–H and O–H groups in total. The Kier molecular flexibility index (Phi) is 7.68. The van der Waals surface area contributed by atoms with Crippen LogP contribution in [0, 0.1) is 0 Å². The molecule has 32 heavy (non-hydrogen) atoms. The predicted molar refractivity (Wildman–Crippen MR) is 128 cm³/mol. The standard InChI is InChI=1S/C25H39N5O2/c1-3-13-28-15-11-19(12-16-28)24-27-23-21(9-7-10-22(23)32-25(26)31)30(24)18-17-29-14-6-5-8-20(29)4-2/h7,9-10,19-20H,3-6,8,11-18H2,1-2H3,(H2,26,31). The van der Waals surface area contributed by atoms with Crippen LogP contribution in [-0.2, 0) is 6.54 Å². The number of rotatable bonds is 8. The zero-order chi connectivity index (χ0) is 22.5. The van der Waals surface area contributed by atoms with E-state index in [0.29, 0.717) is 17.7 Å². The SMILES string of the molecule is CCCN1CCC(c2nc3c(OC(N)=O)cccc3n2CCN2CCCCC2CC)CC1. The number of hydrogen-bond acceptors (Lipinski definition) is 5. The number of para-hydroxylation sites is 1. The number of carbonyl (C=O) groups excluding carboxylic acids is 1. The maximum absolute atomic E-state index is 11.5. The molecule has 7 nitrogen and oxygen atoms in total. The molecule has 1 unspecified atom stereocenters.